The number of hydrogen-bond donors (Lipinski definition) is 1. The van der Waals surface area contributed by atoms with Crippen LogP contribution in [0, 0.1) is 5.92 Å². The van der Waals surface area contributed by atoms with E-state index in [4.69, 9.17) is 4.74 Å². The summed E-state index contributed by atoms with van der Waals surface area (Å²) in [5.74, 6) is 0.894. The van der Waals surface area contributed by atoms with Crippen LogP contribution in [0.3, 0.4) is 0 Å². The lowest BCUT2D eigenvalue weighted by Gasteiger charge is -2.42. The molecule has 2 rings (SSSR count). The Labute approximate surface area is 112 Å². The summed E-state index contributed by atoms with van der Waals surface area (Å²) >= 11 is 0. The number of likely N-dealkylation sites (tertiary alicyclic amines) is 1. The number of nitrogens with one attached hydrogen (secondary N) is 1. The van der Waals surface area contributed by atoms with Crippen LogP contribution in [0.5, 0.6) is 0 Å². The molecule has 0 bridgehead atoms. The van der Waals surface area contributed by atoms with Crippen molar-refractivity contribution in [2.24, 2.45) is 5.92 Å². The van der Waals surface area contributed by atoms with Gasteiger partial charge in [0.05, 0.1) is 6.10 Å². The van der Waals surface area contributed by atoms with Crippen LogP contribution in [0.15, 0.2) is 0 Å². The van der Waals surface area contributed by atoms with Gasteiger partial charge in [-0.1, -0.05) is 19.8 Å². The van der Waals surface area contributed by atoms with Crippen molar-refractivity contribution in [3.05, 3.63) is 0 Å². The molecule has 1 saturated heterocycles. The summed E-state index contributed by atoms with van der Waals surface area (Å²) in [6.07, 6.45) is 8.56. The number of hydrogen-bond acceptors (Lipinski definition) is 3. The van der Waals surface area contributed by atoms with E-state index >= 15 is 0 Å². The Hall–Kier alpha value is -0.120. The second-order valence-corrected chi connectivity index (χ2v) is 5.91. The minimum atomic E-state index is 0.490. The molecule has 1 aliphatic heterocycles. The molecule has 2 unspecified atom stereocenters. The monoisotopic (exact) mass is 254 g/mol. The van der Waals surface area contributed by atoms with Gasteiger partial charge in [-0.3, -0.25) is 4.90 Å². The molecule has 0 spiro atoms. The molecule has 0 aromatic rings. The van der Waals surface area contributed by atoms with E-state index in [0.29, 0.717) is 12.1 Å². The van der Waals surface area contributed by atoms with Gasteiger partial charge < -0.3 is 10.1 Å². The lowest BCUT2D eigenvalue weighted by molar-refractivity contribution is -0.0220. The van der Waals surface area contributed by atoms with Gasteiger partial charge in [0.1, 0.15) is 0 Å². The van der Waals surface area contributed by atoms with E-state index in [0.717, 1.165) is 12.5 Å². The second kappa shape index (κ2) is 7.46. The third-order valence-electron chi connectivity index (χ3n) is 4.77. The van der Waals surface area contributed by atoms with Gasteiger partial charge in [0.25, 0.3) is 0 Å². The van der Waals surface area contributed by atoms with Crippen molar-refractivity contribution >= 4 is 0 Å². The summed E-state index contributed by atoms with van der Waals surface area (Å²) in [5, 5.41) is 3.49. The van der Waals surface area contributed by atoms with Crippen molar-refractivity contribution in [1.82, 2.24) is 10.2 Å². The zero-order chi connectivity index (χ0) is 12.8. The minimum Gasteiger partial charge on any atom is -0.380 e. The zero-order valence-corrected chi connectivity index (χ0v) is 12.2. The predicted molar refractivity (Wildman–Crippen MR) is 75.9 cm³/mol. The lowest BCUT2D eigenvalue weighted by atomic mass is 9.88. The molecule has 0 amide bonds. The minimum absolute atomic E-state index is 0.490. The highest BCUT2D eigenvalue weighted by atomic mass is 16.5. The van der Waals surface area contributed by atoms with Crippen molar-refractivity contribution in [2.75, 3.05) is 33.3 Å². The Morgan fingerprint density at radius 3 is 2.50 bits per heavy atom. The largest absolute Gasteiger partial charge is 0.380 e. The smallest absolute Gasteiger partial charge is 0.0726 e. The average Bonchev–Trinajstić information content (AvgIpc) is 2.45. The predicted octanol–water partition coefficient (Wildman–Crippen LogP) is 2.27. The Morgan fingerprint density at radius 2 is 1.83 bits per heavy atom. The van der Waals surface area contributed by atoms with Gasteiger partial charge in [-0.15, -0.1) is 0 Å². The topological polar surface area (TPSA) is 24.5 Å². The molecule has 0 radical (unpaired) electrons. The molecule has 2 fully saturated rings. The lowest BCUT2D eigenvalue weighted by Crippen LogP contribution is -2.50. The van der Waals surface area contributed by atoms with Crippen LogP contribution in [0.4, 0.5) is 0 Å². The fourth-order valence-corrected chi connectivity index (χ4v) is 3.61. The van der Waals surface area contributed by atoms with E-state index in [-0.39, 0.29) is 0 Å². The van der Waals surface area contributed by atoms with Crippen LogP contribution >= 0.6 is 0 Å². The fourth-order valence-electron chi connectivity index (χ4n) is 3.61. The molecular formula is C15H30N2O. The van der Waals surface area contributed by atoms with Crippen LogP contribution in [-0.4, -0.2) is 50.3 Å². The van der Waals surface area contributed by atoms with Gasteiger partial charge in [-0.05, 0) is 57.8 Å². The van der Waals surface area contributed by atoms with E-state index in [1.165, 1.54) is 58.2 Å². The highest BCUT2D eigenvalue weighted by Crippen LogP contribution is 2.28. The van der Waals surface area contributed by atoms with Crippen molar-refractivity contribution in [3.63, 3.8) is 0 Å². The number of methoxy groups -OCH3 is 1. The van der Waals surface area contributed by atoms with Crippen molar-refractivity contribution < 1.29 is 4.74 Å². The SMILES string of the molecule is CCNCC1CCN(C2CCCCC2OC)CC1. The standard InChI is InChI=1S/C15H30N2O/c1-3-16-12-13-8-10-17(11-9-13)14-6-4-5-7-15(14)18-2/h13-16H,3-12H2,1-2H3. The van der Waals surface area contributed by atoms with Gasteiger partial charge in [0.15, 0.2) is 0 Å². The Kier molecular flexibility index (Phi) is 5.93. The molecule has 2 aliphatic rings. The van der Waals surface area contributed by atoms with Crippen molar-refractivity contribution in [2.45, 2.75) is 57.6 Å². The molecule has 18 heavy (non-hydrogen) atoms. The maximum absolute atomic E-state index is 5.69. The number of rotatable bonds is 5. The van der Waals surface area contributed by atoms with E-state index < -0.39 is 0 Å². The van der Waals surface area contributed by atoms with Crippen molar-refractivity contribution in [1.29, 1.82) is 0 Å². The van der Waals surface area contributed by atoms with Crippen LogP contribution in [-0.2, 0) is 4.74 Å². The quantitative estimate of drug-likeness (QED) is 0.814. The normalized spacial score (nSPS) is 31.7. The zero-order valence-electron chi connectivity index (χ0n) is 12.2. The number of piperidine rings is 1. The first-order valence-electron chi connectivity index (χ1n) is 7.82. The van der Waals surface area contributed by atoms with Gasteiger partial charge in [-0.2, -0.15) is 0 Å². The van der Waals surface area contributed by atoms with E-state index in [9.17, 15) is 0 Å². The van der Waals surface area contributed by atoms with Crippen LogP contribution < -0.4 is 5.32 Å². The summed E-state index contributed by atoms with van der Waals surface area (Å²) in [5.41, 5.74) is 0. The second-order valence-electron chi connectivity index (χ2n) is 5.91. The molecule has 1 aliphatic carbocycles. The van der Waals surface area contributed by atoms with Gasteiger partial charge in [0, 0.05) is 13.2 Å². The van der Waals surface area contributed by atoms with E-state index in [2.05, 4.69) is 17.1 Å². The molecule has 1 heterocycles. The van der Waals surface area contributed by atoms with E-state index in [1.54, 1.807) is 0 Å². The fraction of sp³-hybridized carbons (Fsp3) is 1.00. The third-order valence-corrected chi connectivity index (χ3v) is 4.77. The van der Waals surface area contributed by atoms with E-state index in [1.807, 2.05) is 7.11 Å². The third kappa shape index (κ3) is 3.69. The molecule has 0 aromatic heterocycles. The highest BCUT2D eigenvalue weighted by Gasteiger charge is 2.32. The van der Waals surface area contributed by atoms with Crippen LogP contribution in [0.2, 0.25) is 0 Å². The maximum Gasteiger partial charge on any atom is 0.0726 e. The Balaban J connectivity index is 1.77. The first-order chi connectivity index (χ1) is 8.85. The molecular weight excluding hydrogens is 224 g/mol. The Morgan fingerprint density at radius 1 is 1.11 bits per heavy atom. The average molecular weight is 254 g/mol. The summed E-state index contributed by atoms with van der Waals surface area (Å²) in [4.78, 5) is 2.70. The summed E-state index contributed by atoms with van der Waals surface area (Å²) < 4.78 is 5.69. The van der Waals surface area contributed by atoms with Crippen LogP contribution in [0.25, 0.3) is 0 Å². The molecule has 2 atom stereocenters. The number of nitrogens with zero attached hydrogens (tertiary/aromatic N) is 1. The maximum atomic E-state index is 5.69. The summed E-state index contributed by atoms with van der Waals surface area (Å²) in [6.45, 7) is 7.07. The van der Waals surface area contributed by atoms with Crippen LogP contribution in [0.1, 0.15) is 45.4 Å². The number of ether oxygens (including phenoxy) is 1. The highest BCUT2D eigenvalue weighted by molar-refractivity contribution is 4.87. The molecule has 0 aromatic carbocycles. The molecule has 106 valence electrons. The van der Waals surface area contributed by atoms with Gasteiger partial charge in [0.2, 0.25) is 0 Å². The summed E-state index contributed by atoms with van der Waals surface area (Å²) in [7, 11) is 1.89. The molecule has 3 nitrogen and oxygen atoms in total. The van der Waals surface area contributed by atoms with Gasteiger partial charge in [-0.25, -0.2) is 0 Å². The Bertz CT molecular complexity index is 227. The van der Waals surface area contributed by atoms with Crippen molar-refractivity contribution in [3.8, 4) is 0 Å². The first-order valence-corrected chi connectivity index (χ1v) is 7.82. The first kappa shape index (κ1) is 14.3. The summed E-state index contributed by atoms with van der Waals surface area (Å²) in [6, 6.07) is 0.698. The molecule has 1 N–H and O–H groups in total. The van der Waals surface area contributed by atoms with Gasteiger partial charge >= 0.3 is 0 Å². The molecule has 1 saturated carbocycles. The molecule has 3 heteroatoms.